The Kier molecular flexibility index (Phi) is 4.36. The lowest BCUT2D eigenvalue weighted by molar-refractivity contribution is -0.137. The van der Waals surface area contributed by atoms with Crippen molar-refractivity contribution in [1.29, 1.82) is 0 Å². The predicted molar refractivity (Wildman–Crippen MR) is 77.3 cm³/mol. The van der Waals surface area contributed by atoms with Gasteiger partial charge in [0.2, 0.25) is 21.8 Å². The van der Waals surface area contributed by atoms with Gasteiger partial charge in [0, 0.05) is 5.02 Å². The first-order valence-electron chi connectivity index (χ1n) is 6.39. The van der Waals surface area contributed by atoms with Crippen molar-refractivity contribution in [3.63, 3.8) is 0 Å². The van der Waals surface area contributed by atoms with Crippen LogP contribution in [0.25, 0.3) is 0 Å². The number of nitrogens with one attached hydrogen (secondary N) is 1. The molecule has 0 aromatic heterocycles. The van der Waals surface area contributed by atoms with Gasteiger partial charge in [-0.25, -0.2) is 8.42 Å². The minimum absolute atomic E-state index is 0.0101. The molecule has 0 aliphatic carbocycles. The van der Waals surface area contributed by atoms with Crippen LogP contribution in [-0.4, -0.2) is 37.1 Å². The number of carbonyl (C=O) groups excluding carboxylic acids is 2. The molecule has 2 amide bonds. The lowest BCUT2D eigenvalue weighted by atomic mass is 10.2. The van der Waals surface area contributed by atoms with Gasteiger partial charge in [-0.1, -0.05) is 24.6 Å². The van der Waals surface area contributed by atoms with Crippen molar-refractivity contribution in [3.8, 4) is 0 Å². The second-order valence-electron chi connectivity index (χ2n) is 4.80. The van der Waals surface area contributed by atoms with Crippen molar-refractivity contribution in [1.82, 2.24) is 9.62 Å². The van der Waals surface area contributed by atoms with E-state index < -0.39 is 27.9 Å². The number of benzene rings is 1. The molecule has 1 aliphatic heterocycles. The number of amides is 2. The van der Waals surface area contributed by atoms with Gasteiger partial charge in [0.05, 0.1) is 11.4 Å². The van der Waals surface area contributed by atoms with Crippen LogP contribution in [0.3, 0.4) is 0 Å². The van der Waals surface area contributed by atoms with Gasteiger partial charge in [0.25, 0.3) is 0 Å². The van der Waals surface area contributed by atoms with E-state index in [2.05, 4.69) is 5.32 Å². The maximum atomic E-state index is 12.8. The number of hydrogen-bond acceptors (Lipinski definition) is 4. The molecule has 6 nitrogen and oxygen atoms in total. The summed E-state index contributed by atoms with van der Waals surface area (Å²) in [5.41, 5.74) is 0.507. The fourth-order valence-electron chi connectivity index (χ4n) is 2.26. The number of halogens is 1. The number of nitrogens with zero attached hydrogens (tertiary/aromatic N) is 1. The van der Waals surface area contributed by atoms with E-state index in [1.54, 1.807) is 26.0 Å². The summed E-state index contributed by atoms with van der Waals surface area (Å²) >= 11 is 5.86. The van der Waals surface area contributed by atoms with Crippen LogP contribution in [-0.2, 0) is 19.6 Å². The number of rotatable bonds is 3. The topological polar surface area (TPSA) is 83.6 Å². The molecule has 1 aliphatic rings. The van der Waals surface area contributed by atoms with Gasteiger partial charge in [0.15, 0.2) is 0 Å². The Bertz CT molecular complexity index is 702. The third kappa shape index (κ3) is 2.95. The van der Waals surface area contributed by atoms with Crippen molar-refractivity contribution in [2.45, 2.75) is 31.2 Å². The van der Waals surface area contributed by atoms with Gasteiger partial charge in [-0.2, -0.15) is 4.31 Å². The summed E-state index contributed by atoms with van der Waals surface area (Å²) in [5, 5.41) is 2.43. The summed E-state index contributed by atoms with van der Waals surface area (Å²) in [6.45, 7) is 2.95. The molecule has 1 unspecified atom stereocenters. The first-order valence-corrected chi connectivity index (χ1v) is 8.21. The number of sulfonamides is 1. The summed E-state index contributed by atoms with van der Waals surface area (Å²) in [4.78, 5) is 23.3. The lowest BCUT2D eigenvalue weighted by Crippen LogP contribution is -2.59. The zero-order chi connectivity index (χ0) is 15.8. The van der Waals surface area contributed by atoms with E-state index in [0.717, 1.165) is 4.31 Å². The third-order valence-corrected chi connectivity index (χ3v) is 5.57. The molecule has 1 atom stereocenters. The van der Waals surface area contributed by atoms with Crippen molar-refractivity contribution >= 4 is 33.4 Å². The fourth-order valence-corrected chi connectivity index (χ4v) is 4.37. The van der Waals surface area contributed by atoms with Crippen LogP contribution in [0.4, 0.5) is 0 Å². The average Bonchev–Trinajstić information content (AvgIpc) is 2.40. The first-order chi connectivity index (χ1) is 9.77. The lowest BCUT2D eigenvalue weighted by Gasteiger charge is -2.32. The van der Waals surface area contributed by atoms with Crippen LogP contribution < -0.4 is 5.32 Å². The van der Waals surface area contributed by atoms with Crippen LogP contribution in [0.5, 0.6) is 0 Å². The maximum Gasteiger partial charge on any atom is 0.245 e. The molecule has 1 aromatic rings. The molecule has 2 rings (SSSR count). The Morgan fingerprint density at radius 1 is 1.38 bits per heavy atom. The molecular formula is C13H15ClN2O4S. The van der Waals surface area contributed by atoms with Crippen molar-refractivity contribution in [2.24, 2.45) is 0 Å². The second-order valence-corrected chi connectivity index (χ2v) is 7.09. The molecule has 8 heteroatoms. The van der Waals surface area contributed by atoms with E-state index in [1.165, 1.54) is 6.07 Å². The largest absolute Gasteiger partial charge is 0.294 e. The molecule has 1 heterocycles. The van der Waals surface area contributed by atoms with Gasteiger partial charge in [-0.15, -0.1) is 0 Å². The van der Waals surface area contributed by atoms with Gasteiger partial charge in [0.1, 0.15) is 6.04 Å². The zero-order valence-corrected chi connectivity index (χ0v) is 13.2. The van der Waals surface area contributed by atoms with E-state index in [1.807, 2.05) is 0 Å². The fraction of sp³-hybridized carbons (Fsp3) is 0.385. The average molecular weight is 331 g/mol. The van der Waals surface area contributed by atoms with E-state index in [4.69, 9.17) is 11.6 Å². The molecule has 114 valence electrons. The highest BCUT2D eigenvalue weighted by atomic mass is 35.5. The standard InChI is InChI=1S/C13H15ClN2O4S/c1-3-10-13(18)15-12(17)7-16(10)21(19,20)11-6-9(14)5-4-8(11)2/h4-6,10H,3,7H2,1-2H3,(H,15,17,18). The molecule has 1 saturated heterocycles. The van der Waals surface area contributed by atoms with Crippen LogP contribution in [0, 0.1) is 6.92 Å². The van der Waals surface area contributed by atoms with Crippen LogP contribution in [0.15, 0.2) is 23.1 Å². The summed E-state index contributed by atoms with van der Waals surface area (Å²) in [6.07, 6.45) is 0.276. The third-order valence-electron chi connectivity index (χ3n) is 3.34. The van der Waals surface area contributed by atoms with Gasteiger partial charge < -0.3 is 0 Å². The Morgan fingerprint density at radius 3 is 2.67 bits per heavy atom. The minimum Gasteiger partial charge on any atom is -0.294 e. The molecule has 0 saturated carbocycles. The Labute approximate surface area is 128 Å². The van der Waals surface area contributed by atoms with Crippen LogP contribution in [0.1, 0.15) is 18.9 Å². The molecule has 21 heavy (non-hydrogen) atoms. The molecule has 1 N–H and O–H groups in total. The highest BCUT2D eigenvalue weighted by Crippen LogP contribution is 2.26. The Hall–Kier alpha value is -1.44. The molecule has 0 spiro atoms. The SMILES string of the molecule is CCC1C(=O)NC(=O)CN1S(=O)(=O)c1cc(Cl)ccc1C. The van der Waals surface area contributed by atoms with E-state index in [0.29, 0.717) is 5.56 Å². The molecule has 0 radical (unpaired) electrons. The monoisotopic (exact) mass is 330 g/mol. The summed E-state index contributed by atoms with van der Waals surface area (Å²) in [7, 11) is -3.98. The highest BCUT2D eigenvalue weighted by molar-refractivity contribution is 7.89. The van der Waals surface area contributed by atoms with E-state index in [-0.39, 0.29) is 22.9 Å². The summed E-state index contributed by atoms with van der Waals surface area (Å²) in [6, 6.07) is 3.60. The number of hydrogen-bond donors (Lipinski definition) is 1. The van der Waals surface area contributed by atoms with Crippen molar-refractivity contribution < 1.29 is 18.0 Å². The highest BCUT2D eigenvalue weighted by Gasteiger charge is 2.41. The first kappa shape index (κ1) is 15.9. The second kappa shape index (κ2) is 5.75. The van der Waals surface area contributed by atoms with Crippen molar-refractivity contribution in [3.05, 3.63) is 28.8 Å². The smallest absolute Gasteiger partial charge is 0.245 e. The Balaban J connectivity index is 2.53. The molecule has 0 bridgehead atoms. The molecule has 1 fully saturated rings. The number of carbonyl (C=O) groups is 2. The summed E-state index contributed by atoms with van der Waals surface area (Å²) in [5.74, 6) is -1.23. The zero-order valence-electron chi connectivity index (χ0n) is 11.6. The van der Waals surface area contributed by atoms with Gasteiger partial charge in [-0.05, 0) is 31.0 Å². The normalized spacial score (nSPS) is 20.4. The van der Waals surface area contributed by atoms with Gasteiger partial charge in [-0.3, -0.25) is 14.9 Å². The van der Waals surface area contributed by atoms with Crippen molar-refractivity contribution in [2.75, 3.05) is 6.54 Å². The quantitative estimate of drug-likeness (QED) is 0.840. The summed E-state index contributed by atoms with van der Waals surface area (Å²) < 4.78 is 26.4. The van der Waals surface area contributed by atoms with Gasteiger partial charge >= 0.3 is 0 Å². The molecule has 1 aromatic carbocycles. The van der Waals surface area contributed by atoms with E-state index >= 15 is 0 Å². The number of aryl methyl sites for hydroxylation is 1. The number of piperazine rings is 1. The maximum absolute atomic E-state index is 12.8. The van der Waals surface area contributed by atoms with E-state index in [9.17, 15) is 18.0 Å². The molecular weight excluding hydrogens is 316 g/mol. The van der Waals surface area contributed by atoms with Crippen LogP contribution in [0.2, 0.25) is 5.02 Å². The predicted octanol–water partition coefficient (Wildman–Crippen LogP) is 1.07. The number of imide groups is 1. The minimum atomic E-state index is -3.98. The Morgan fingerprint density at radius 2 is 2.05 bits per heavy atom. The van der Waals surface area contributed by atoms with Crippen LogP contribution >= 0.6 is 11.6 Å².